The largest absolute Gasteiger partial charge is 0.315 e. The predicted octanol–water partition coefficient (Wildman–Crippen LogP) is 2.36. The second kappa shape index (κ2) is 3.32. The monoisotopic (exact) mass is 172 g/mol. The molecule has 0 aromatic rings. The highest BCUT2D eigenvalue weighted by molar-refractivity contribution is 4.76. The fourth-order valence-corrected chi connectivity index (χ4v) is 1.86. The lowest BCUT2D eigenvalue weighted by Crippen LogP contribution is -2.33. The molecule has 0 amide bonds. The van der Waals surface area contributed by atoms with Crippen LogP contribution in [0.2, 0.25) is 0 Å². The fourth-order valence-electron chi connectivity index (χ4n) is 1.86. The Hall–Kier alpha value is -0.120. The number of rotatable bonds is 1. The van der Waals surface area contributed by atoms with E-state index in [1.807, 2.05) is 6.92 Å². The first-order chi connectivity index (χ1) is 5.85. The molecule has 1 heterocycles. The minimum atomic E-state index is -0.376. The molecule has 2 fully saturated rings. The Labute approximate surface area is 72.9 Å². The molecule has 2 rings (SSSR count). The maximum atomic E-state index is 5.69. The van der Waals surface area contributed by atoms with Crippen LogP contribution in [0.4, 0.5) is 0 Å². The molecule has 0 aromatic heterocycles. The van der Waals surface area contributed by atoms with Crippen molar-refractivity contribution in [1.29, 1.82) is 0 Å². The summed E-state index contributed by atoms with van der Waals surface area (Å²) in [6.07, 6.45) is 6.39. The molecular weight excluding hydrogens is 156 g/mol. The number of hydrogen-bond donors (Lipinski definition) is 0. The molecule has 1 aliphatic carbocycles. The van der Waals surface area contributed by atoms with E-state index < -0.39 is 0 Å². The molecule has 2 aliphatic rings. The summed E-state index contributed by atoms with van der Waals surface area (Å²) in [5.74, 6) is -0.376. The van der Waals surface area contributed by atoms with Crippen molar-refractivity contribution in [2.45, 2.75) is 57.5 Å². The molecule has 1 spiro atoms. The summed E-state index contributed by atoms with van der Waals surface area (Å²) in [4.78, 5) is 10.3. The van der Waals surface area contributed by atoms with Crippen molar-refractivity contribution in [2.75, 3.05) is 0 Å². The van der Waals surface area contributed by atoms with Gasteiger partial charge in [-0.15, -0.1) is 0 Å². The SMILES string of the molecule is CCC1OOC2(CCCCC2)O1. The van der Waals surface area contributed by atoms with Crippen molar-refractivity contribution in [3.63, 3.8) is 0 Å². The van der Waals surface area contributed by atoms with Crippen LogP contribution in [0.5, 0.6) is 0 Å². The standard InChI is InChI=1S/C9H16O3/c1-2-8-10-9(12-11-8)6-4-3-5-7-9/h8H,2-7H2,1H3. The van der Waals surface area contributed by atoms with Gasteiger partial charge in [-0.05, 0) is 19.3 Å². The van der Waals surface area contributed by atoms with Gasteiger partial charge in [0.15, 0.2) is 6.29 Å². The van der Waals surface area contributed by atoms with Gasteiger partial charge >= 0.3 is 0 Å². The summed E-state index contributed by atoms with van der Waals surface area (Å²) in [6.45, 7) is 2.04. The van der Waals surface area contributed by atoms with Crippen LogP contribution in [-0.4, -0.2) is 12.1 Å². The summed E-state index contributed by atoms with van der Waals surface area (Å²) in [5, 5.41) is 0. The number of hydrogen-bond acceptors (Lipinski definition) is 3. The smallest absolute Gasteiger partial charge is 0.204 e. The Balaban J connectivity index is 1.94. The van der Waals surface area contributed by atoms with Crippen LogP contribution in [0, 0.1) is 0 Å². The minimum Gasteiger partial charge on any atom is -0.315 e. The molecule has 3 heteroatoms. The molecule has 12 heavy (non-hydrogen) atoms. The van der Waals surface area contributed by atoms with Crippen LogP contribution in [0.15, 0.2) is 0 Å². The minimum absolute atomic E-state index is 0.136. The first-order valence-electron chi connectivity index (χ1n) is 4.87. The van der Waals surface area contributed by atoms with Gasteiger partial charge in [0.2, 0.25) is 5.79 Å². The summed E-state index contributed by atoms with van der Waals surface area (Å²) in [5.41, 5.74) is 0. The molecule has 1 atom stereocenters. The Bertz CT molecular complexity index is 152. The van der Waals surface area contributed by atoms with E-state index in [0.29, 0.717) is 0 Å². The lowest BCUT2D eigenvalue weighted by atomic mass is 9.94. The topological polar surface area (TPSA) is 27.7 Å². The van der Waals surface area contributed by atoms with Crippen LogP contribution >= 0.6 is 0 Å². The van der Waals surface area contributed by atoms with E-state index in [0.717, 1.165) is 19.3 Å². The van der Waals surface area contributed by atoms with Crippen LogP contribution < -0.4 is 0 Å². The molecule has 0 bridgehead atoms. The highest BCUT2D eigenvalue weighted by atomic mass is 17.3. The summed E-state index contributed by atoms with van der Waals surface area (Å²) in [6, 6.07) is 0. The average molecular weight is 172 g/mol. The molecule has 0 radical (unpaired) electrons. The molecule has 0 N–H and O–H groups in total. The highest BCUT2D eigenvalue weighted by Gasteiger charge is 2.43. The average Bonchev–Trinajstić information content (AvgIpc) is 2.50. The van der Waals surface area contributed by atoms with Crippen molar-refractivity contribution in [3.8, 4) is 0 Å². The zero-order chi connectivity index (χ0) is 8.44. The van der Waals surface area contributed by atoms with Crippen molar-refractivity contribution in [1.82, 2.24) is 0 Å². The molecule has 1 aliphatic heterocycles. The van der Waals surface area contributed by atoms with Crippen molar-refractivity contribution in [2.24, 2.45) is 0 Å². The van der Waals surface area contributed by atoms with Crippen molar-refractivity contribution >= 4 is 0 Å². The van der Waals surface area contributed by atoms with Gasteiger partial charge < -0.3 is 4.74 Å². The highest BCUT2D eigenvalue weighted by Crippen LogP contribution is 2.38. The second-order valence-corrected chi connectivity index (χ2v) is 3.61. The van der Waals surface area contributed by atoms with E-state index in [1.165, 1.54) is 19.3 Å². The molecule has 0 aromatic carbocycles. The summed E-state index contributed by atoms with van der Waals surface area (Å²) < 4.78 is 5.69. The van der Waals surface area contributed by atoms with Crippen LogP contribution in [0.25, 0.3) is 0 Å². The zero-order valence-corrected chi connectivity index (χ0v) is 7.54. The first-order valence-corrected chi connectivity index (χ1v) is 4.87. The van der Waals surface area contributed by atoms with Gasteiger partial charge in [-0.3, -0.25) is 0 Å². The van der Waals surface area contributed by atoms with Gasteiger partial charge in [-0.25, -0.2) is 4.89 Å². The molecule has 1 saturated heterocycles. The normalized spacial score (nSPS) is 34.2. The lowest BCUT2D eigenvalue weighted by molar-refractivity contribution is -0.336. The number of ether oxygens (including phenoxy) is 1. The van der Waals surface area contributed by atoms with Crippen LogP contribution in [-0.2, 0) is 14.5 Å². The third-order valence-corrected chi connectivity index (χ3v) is 2.60. The molecule has 3 nitrogen and oxygen atoms in total. The summed E-state index contributed by atoms with van der Waals surface area (Å²) in [7, 11) is 0. The molecule has 70 valence electrons. The van der Waals surface area contributed by atoms with Crippen LogP contribution in [0.1, 0.15) is 45.4 Å². The van der Waals surface area contributed by atoms with Gasteiger partial charge in [0, 0.05) is 12.8 Å². The van der Waals surface area contributed by atoms with E-state index in [4.69, 9.17) is 14.5 Å². The zero-order valence-electron chi connectivity index (χ0n) is 7.54. The Morgan fingerprint density at radius 1 is 1.25 bits per heavy atom. The predicted molar refractivity (Wildman–Crippen MR) is 43.2 cm³/mol. The lowest BCUT2D eigenvalue weighted by Gasteiger charge is -2.28. The van der Waals surface area contributed by atoms with Gasteiger partial charge in [0.05, 0.1) is 0 Å². The summed E-state index contributed by atoms with van der Waals surface area (Å²) >= 11 is 0. The maximum absolute atomic E-state index is 5.69. The van der Waals surface area contributed by atoms with Gasteiger partial charge in [0.1, 0.15) is 0 Å². The van der Waals surface area contributed by atoms with E-state index >= 15 is 0 Å². The van der Waals surface area contributed by atoms with Gasteiger partial charge in [0.25, 0.3) is 0 Å². The molecule has 1 saturated carbocycles. The third kappa shape index (κ3) is 1.49. The Morgan fingerprint density at radius 3 is 2.58 bits per heavy atom. The van der Waals surface area contributed by atoms with Gasteiger partial charge in [-0.1, -0.05) is 13.3 Å². The van der Waals surface area contributed by atoms with E-state index in [9.17, 15) is 0 Å². The molecular formula is C9H16O3. The van der Waals surface area contributed by atoms with E-state index in [2.05, 4.69) is 0 Å². The first kappa shape index (κ1) is 8.48. The van der Waals surface area contributed by atoms with Gasteiger partial charge in [-0.2, -0.15) is 4.89 Å². The molecule has 1 unspecified atom stereocenters. The third-order valence-electron chi connectivity index (χ3n) is 2.60. The fraction of sp³-hybridized carbons (Fsp3) is 1.00. The van der Waals surface area contributed by atoms with Crippen molar-refractivity contribution in [3.05, 3.63) is 0 Å². The Kier molecular flexibility index (Phi) is 2.35. The van der Waals surface area contributed by atoms with Crippen LogP contribution in [0.3, 0.4) is 0 Å². The Morgan fingerprint density at radius 2 is 2.00 bits per heavy atom. The second-order valence-electron chi connectivity index (χ2n) is 3.61. The van der Waals surface area contributed by atoms with E-state index in [1.54, 1.807) is 0 Å². The quantitative estimate of drug-likeness (QED) is 0.568. The van der Waals surface area contributed by atoms with E-state index in [-0.39, 0.29) is 12.1 Å². The van der Waals surface area contributed by atoms with Crippen molar-refractivity contribution < 1.29 is 14.5 Å². The maximum Gasteiger partial charge on any atom is 0.204 e.